The molecule has 0 spiro atoms. The molecule has 88 valence electrons. The fourth-order valence-corrected chi connectivity index (χ4v) is 1.46. The summed E-state index contributed by atoms with van der Waals surface area (Å²) in [5.41, 5.74) is 0. The van der Waals surface area contributed by atoms with E-state index in [-0.39, 0.29) is 0 Å². The third-order valence-corrected chi connectivity index (χ3v) is 2.22. The first kappa shape index (κ1) is 12.3. The van der Waals surface area contributed by atoms with Crippen molar-refractivity contribution in [2.24, 2.45) is 0 Å². The molecule has 1 saturated heterocycles. The highest BCUT2D eigenvalue weighted by Gasteiger charge is 2.45. The van der Waals surface area contributed by atoms with Crippen LogP contribution in [0.1, 0.15) is 6.92 Å². The van der Waals surface area contributed by atoms with Crippen LogP contribution in [0.3, 0.4) is 0 Å². The number of halogens is 1. The number of amides is 1. The number of hydrogen-bond donors (Lipinski definition) is 4. The fourth-order valence-electron chi connectivity index (χ4n) is 1.46. The van der Waals surface area contributed by atoms with Gasteiger partial charge in [0.25, 0.3) is 0 Å². The lowest BCUT2D eigenvalue weighted by Gasteiger charge is -2.38. The van der Waals surface area contributed by atoms with Gasteiger partial charge >= 0.3 is 0 Å². The molecule has 0 aromatic carbocycles. The van der Waals surface area contributed by atoms with Gasteiger partial charge in [0.2, 0.25) is 5.91 Å². The standard InChI is InChI=1S/C8H14FNO5/c1-3(12)10-6-7(13)5(9)4(2-11)15-8(6)14/h4-8,11,13-14H,2H2,1H3,(H,10,12)/t4-,5-,6-,7+,8?/m0/s1. The van der Waals surface area contributed by atoms with E-state index in [2.05, 4.69) is 10.1 Å². The van der Waals surface area contributed by atoms with Gasteiger partial charge in [0.1, 0.15) is 18.2 Å². The van der Waals surface area contributed by atoms with E-state index in [1.54, 1.807) is 0 Å². The first-order chi connectivity index (χ1) is 6.97. The summed E-state index contributed by atoms with van der Waals surface area (Å²) in [6.45, 7) is 0.521. The SMILES string of the molecule is CC(=O)N[C@@H]1C(O)O[C@@H](CO)[C@H](F)[C@H]1O. The second-order valence-electron chi connectivity index (χ2n) is 3.41. The van der Waals surface area contributed by atoms with Crippen LogP contribution < -0.4 is 5.32 Å². The molecule has 0 aromatic heterocycles. The summed E-state index contributed by atoms with van der Waals surface area (Å²) in [7, 11) is 0. The molecule has 0 aliphatic carbocycles. The van der Waals surface area contributed by atoms with Crippen LogP contribution in [0.25, 0.3) is 0 Å². The fraction of sp³-hybridized carbons (Fsp3) is 0.875. The van der Waals surface area contributed by atoms with Gasteiger partial charge in [-0.25, -0.2) is 4.39 Å². The second-order valence-corrected chi connectivity index (χ2v) is 3.41. The van der Waals surface area contributed by atoms with Crippen LogP contribution in [0.15, 0.2) is 0 Å². The zero-order chi connectivity index (χ0) is 11.6. The summed E-state index contributed by atoms with van der Waals surface area (Å²) in [4.78, 5) is 10.7. The van der Waals surface area contributed by atoms with Crippen molar-refractivity contribution in [2.75, 3.05) is 6.61 Å². The Morgan fingerprint density at radius 1 is 1.53 bits per heavy atom. The van der Waals surface area contributed by atoms with Crippen LogP contribution >= 0.6 is 0 Å². The predicted octanol–water partition coefficient (Wildman–Crippen LogP) is -2.10. The summed E-state index contributed by atoms with van der Waals surface area (Å²) in [5.74, 6) is -0.517. The van der Waals surface area contributed by atoms with E-state index in [1.165, 1.54) is 6.92 Å². The van der Waals surface area contributed by atoms with Crippen LogP contribution in [0.2, 0.25) is 0 Å². The van der Waals surface area contributed by atoms with E-state index in [4.69, 9.17) is 5.11 Å². The zero-order valence-corrected chi connectivity index (χ0v) is 8.13. The Kier molecular flexibility index (Phi) is 3.97. The van der Waals surface area contributed by atoms with Crippen LogP contribution in [-0.4, -0.2) is 58.5 Å². The quantitative estimate of drug-likeness (QED) is 0.430. The number of ether oxygens (including phenoxy) is 1. The van der Waals surface area contributed by atoms with E-state index >= 15 is 0 Å². The molecule has 0 bridgehead atoms. The van der Waals surface area contributed by atoms with Crippen molar-refractivity contribution in [3.05, 3.63) is 0 Å². The van der Waals surface area contributed by atoms with Crippen LogP contribution in [-0.2, 0) is 9.53 Å². The van der Waals surface area contributed by atoms with Crippen molar-refractivity contribution < 1.29 is 29.2 Å². The molecule has 1 heterocycles. The molecule has 0 saturated carbocycles. The Labute approximate surface area is 85.7 Å². The number of aliphatic hydroxyl groups is 3. The Morgan fingerprint density at radius 2 is 2.13 bits per heavy atom. The average molecular weight is 223 g/mol. The van der Waals surface area contributed by atoms with Crippen molar-refractivity contribution in [3.8, 4) is 0 Å². The number of carbonyl (C=O) groups excluding carboxylic acids is 1. The third kappa shape index (κ3) is 2.63. The number of nitrogens with one attached hydrogen (secondary N) is 1. The lowest BCUT2D eigenvalue weighted by atomic mass is 9.98. The van der Waals surface area contributed by atoms with Gasteiger partial charge in [0, 0.05) is 6.92 Å². The van der Waals surface area contributed by atoms with Crippen molar-refractivity contribution in [3.63, 3.8) is 0 Å². The average Bonchev–Trinajstić information content (AvgIpc) is 2.18. The molecule has 15 heavy (non-hydrogen) atoms. The molecular formula is C8H14FNO5. The molecule has 7 heteroatoms. The van der Waals surface area contributed by atoms with Gasteiger partial charge in [-0.1, -0.05) is 0 Å². The topological polar surface area (TPSA) is 99.0 Å². The molecule has 1 rings (SSSR count). The molecule has 5 atom stereocenters. The summed E-state index contributed by atoms with van der Waals surface area (Å²) in [5, 5.41) is 29.6. The van der Waals surface area contributed by atoms with E-state index in [0.29, 0.717) is 0 Å². The molecule has 0 radical (unpaired) electrons. The number of carbonyl (C=O) groups is 1. The van der Waals surface area contributed by atoms with Gasteiger partial charge in [0.15, 0.2) is 12.5 Å². The summed E-state index contributed by atoms with van der Waals surface area (Å²) < 4.78 is 18.0. The molecule has 1 aliphatic rings. The molecule has 4 N–H and O–H groups in total. The van der Waals surface area contributed by atoms with Crippen LogP contribution in [0.5, 0.6) is 0 Å². The molecule has 1 aliphatic heterocycles. The summed E-state index contributed by atoms with van der Waals surface area (Å²) >= 11 is 0. The van der Waals surface area contributed by atoms with E-state index in [9.17, 15) is 19.4 Å². The molecule has 6 nitrogen and oxygen atoms in total. The monoisotopic (exact) mass is 223 g/mol. The van der Waals surface area contributed by atoms with E-state index < -0.39 is 43.2 Å². The lowest BCUT2D eigenvalue weighted by molar-refractivity contribution is -0.240. The normalized spacial score (nSPS) is 41.3. The first-order valence-corrected chi connectivity index (χ1v) is 4.51. The Balaban J connectivity index is 2.70. The predicted molar refractivity (Wildman–Crippen MR) is 46.5 cm³/mol. The highest BCUT2D eigenvalue weighted by atomic mass is 19.1. The maximum absolute atomic E-state index is 13.3. The molecule has 1 amide bonds. The Hall–Kier alpha value is -0.760. The highest BCUT2D eigenvalue weighted by molar-refractivity contribution is 5.73. The van der Waals surface area contributed by atoms with Crippen molar-refractivity contribution >= 4 is 5.91 Å². The zero-order valence-electron chi connectivity index (χ0n) is 8.13. The van der Waals surface area contributed by atoms with E-state index in [0.717, 1.165) is 0 Å². The Morgan fingerprint density at radius 3 is 2.60 bits per heavy atom. The minimum atomic E-state index is -1.85. The van der Waals surface area contributed by atoms with Gasteiger partial charge in [0.05, 0.1) is 6.61 Å². The van der Waals surface area contributed by atoms with Crippen molar-refractivity contribution in [1.29, 1.82) is 0 Å². The number of hydrogen-bond acceptors (Lipinski definition) is 5. The smallest absolute Gasteiger partial charge is 0.217 e. The largest absolute Gasteiger partial charge is 0.394 e. The Bertz CT molecular complexity index is 239. The number of alkyl halides is 1. The van der Waals surface area contributed by atoms with Gasteiger partial charge < -0.3 is 25.4 Å². The number of aliphatic hydroxyl groups excluding tert-OH is 3. The lowest BCUT2D eigenvalue weighted by Crippen LogP contribution is -2.62. The van der Waals surface area contributed by atoms with Crippen LogP contribution in [0, 0.1) is 0 Å². The molecule has 0 aromatic rings. The minimum Gasteiger partial charge on any atom is -0.394 e. The maximum atomic E-state index is 13.3. The van der Waals surface area contributed by atoms with Gasteiger partial charge in [-0.2, -0.15) is 0 Å². The third-order valence-electron chi connectivity index (χ3n) is 2.22. The second kappa shape index (κ2) is 4.84. The van der Waals surface area contributed by atoms with Gasteiger partial charge in [-0.3, -0.25) is 4.79 Å². The summed E-state index contributed by atoms with van der Waals surface area (Å²) in [6.07, 6.45) is -6.27. The number of rotatable bonds is 2. The van der Waals surface area contributed by atoms with Crippen LogP contribution in [0.4, 0.5) is 4.39 Å². The first-order valence-electron chi connectivity index (χ1n) is 4.51. The molecule has 1 unspecified atom stereocenters. The summed E-state index contributed by atoms with van der Waals surface area (Å²) in [6, 6.07) is -1.22. The minimum absolute atomic E-state index is 0.517. The van der Waals surface area contributed by atoms with Gasteiger partial charge in [-0.05, 0) is 0 Å². The van der Waals surface area contributed by atoms with Crippen molar-refractivity contribution in [2.45, 2.75) is 37.6 Å². The van der Waals surface area contributed by atoms with Crippen molar-refractivity contribution in [1.82, 2.24) is 5.32 Å². The van der Waals surface area contributed by atoms with E-state index in [1.807, 2.05) is 0 Å². The van der Waals surface area contributed by atoms with Gasteiger partial charge in [-0.15, -0.1) is 0 Å². The molecular weight excluding hydrogens is 209 g/mol. The maximum Gasteiger partial charge on any atom is 0.217 e. The molecule has 1 fully saturated rings. The highest BCUT2D eigenvalue weighted by Crippen LogP contribution is 2.22.